The van der Waals surface area contributed by atoms with Crippen molar-refractivity contribution in [1.29, 1.82) is 0 Å². The van der Waals surface area contributed by atoms with Gasteiger partial charge in [-0.1, -0.05) is 49.4 Å². The predicted molar refractivity (Wildman–Crippen MR) is 114 cm³/mol. The molecule has 146 valence electrons. The van der Waals surface area contributed by atoms with Crippen molar-refractivity contribution in [1.82, 2.24) is 19.7 Å². The average molecular weight is 387 g/mol. The normalized spacial score (nSPS) is 11.0. The van der Waals surface area contributed by atoms with Crippen LogP contribution in [0.2, 0.25) is 0 Å². The van der Waals surface area contributed by atoms with Crippen LogP contribution in [0.25, 0.3) is 16.9 Å². The zero-order valence-corrected chi connectivity index (χ0v) is 16.4. The third-order valence-electron chi connectivity index (χ3n) is 4.92. The van der Waals surface area contributed by atoms with Crippen molar-refractivity contribution in [3.8, 4) is 5.95 Å². The molecule has 7 nitrogen and oxygen atoms in total. The van der Waals surface area contributed by atoms with Gasteiger partial charge >= 0.3 is 7.12 Å². The minimum absolute atomic E-state index is 0.440. The Morgan fingerprint density at radius 3 is 2.55 bits per heavy atom. The first-order chi connectivity index (χ1) is 14.1. The fourth-order valence-electron chi connectivity index (χ4n) is 3.47. The van der Waals surface area contributed by atoms with Crippen LogP contribution in [0.5, 0.6) is 0 Å². The molecule has 0 unspecified atom stereocenters. The number of anilines is 1. The zero-order chi connectivity index (χ0) is 20.4. The molecule has 2 heterocycles. The molecule has 0 bridgehead atoms. The van der Waals surface area contributed by atoms with Crippen LogP contribution in [0, 0.1) is 6.92 Å². The van der Waals surface area contributed by atoms with Gasteiger partial charge in [0.15, 0.2) is 5.82 Å². The van der Waals surface area contributed by atoms with Gasteiger partial charge in [0, 0.05) is 17.6 Å². The molecule has 0 fully saturated rings. The topological polar surface area (TPSA) is 96.1 Å². The molecule has 2 aromatic carbocycles. The molecule has 8 heteroatoms. The largest absolute Gasteiger partial charge is 0.489 e. The number of nitrogens with zero attached hydrogens (tertiary/aromatic N) is 4. The molecule has 0 saturated heterocycles. The first-order valence-electron chi connectivity index (χ1n) is 9.57. The van der Waals surface area contributed by atoms with Crippen molar-refractivity contribution in [2.45, 2.75) is 26.8 Å². The number of fused-ring (bicyclic) bond motifs is 1. The van der Waals surface area contributed by atoms with Crippen LogP contribution in [-0.2, 0) is 13.0 Å². The first kappa shape index (κ1) is 19.1. The van der Waals surface area contributed by atoms with Crippen LogP contribution < -0.4 is 10.8 Å². The summed E-state index contributed by atoms with van der Waals surface area (Å²) in [6, 6.07) is 17.4. The van der Waals surface area contributed by atoms with E-state index >= 15 is 0 Å². The van der Waals surface area contributed by atoms with E-state index in [1.54, 1.807) is 12.1 Å². The summed E-state index contributed by atoms with van der Waals surface area (Å²) in [5.41, 5.74) is 4.08. The molecule has 0 aliphatic rings. The summed E-state index contributed by atoms with van der Waals surface area (Å²) in [4.78, 5) is 4.74. The summed E-state index contributed by atoms with van der Waals surface area (Å²) in [5.74, 6) is 1.13. The molecule has 2 aromatic heterocycles. The van der Waals surface area contributed by atoms with E-state index in [1.165, 1.54) is 0 Å². The minimum atomic E-state index is -1.54. The number of benzene rings is 2. The van der Waals surface area contributed by atoms with Crippen LogP contribution in [-0.4, -0.2) is 36.9 Å². The Hall–Kier alpha value is -3.23. The Bertz CT molecular complexity index is 1140. The van der Waals surface area contributed by atoms with E-state index in [0.717, 1.165) is 27.9 Å². The smallest absolute Gasteiger partial charge is 0.423 e. The summed E-state index contributed by atoms with van der Waals surface area (Å²) in [7, 11) is -1.54. The molecular formula is C21H22BN5O2. The summed E-state index contributed by atoms with van der Waals surface area (Å²) in [5, 5.41) is 32.2. The molecule has 4 rings (SSSR count). The minimum Gasteiger partial charge on any atom is -0.423 e. The standard InChI is InChI=1S/C21H22BN5O2/c1-3-18-20(23-13-15-8-5-4-6-9-15)24-21(26-25-18)27-14(2)12-16-17(22(28)29)10-7-11-19(16)27/h4-12,28-29H,3,13H2,1-2H3,(H,23,24,26). The van der Waals surface area contributed by atoms with Crippen molar-refractivity contribution < 1.29 is 10.0 Å². The van der Waals surface area contributed by atoms with Gasteiger partial charge < -0.3 is 15.4 Å². The van der Waals surface area contributed by atoms with Crippen LogP contribution in [0.15, 0.2) is 54.6 Å². The third kappa shape index (κ3) is 3.72. The second kappa shape index (κ2) is 8.02. The molecule has 29 heavy (non-hydrogen) atoms. The van der Waals surface area contributed by atoms with Gasteiger partial charge in [-0.3, -0.25) is 4.57 Å². The Labute approximate surface area is 169 Å². The van der Waals surface area contributed by atoms with Crippen LogP contribution in [0.3, 0.4) is 0 Å². The zero-order valence-electron chi connectivity index (χ0n) is 16.4. The highest BCUT2D eigenvalue weighted by Gasteiger charge is 2.19. The summed E-state index contributed by atoms with van der Waals surface area (Å²) >= 11 is 0. The van der Waals surface area contributed by atoms with Gasteiger partial charge in [-0.2, -0.15) is 4.98 Å². The van der Waals surface area contributed by atoms with Gasteiger partial charge in [0.1, 0.15) is 5.69 Å². The number of aromatic nitrogens is 4. The monoisotopic (exact) mass is 387 g/mol. The van der Waals surface area contributed by atoms with E-state index < -0.39 is 7.12 Å². The molecule has 0 atom stereocenters. The highest BCUT2D eigenvalue weighted by atomic mass is 16.4. The predicted octanol–water partition coefficient (Wildman–Crippen LogP) is 1.98. The Balaban J connectivity index is 1.76. The van der Waals surface area contributed by atoms with Crippen LogP contribution >= 0.6 is 0 Å². The van der Waals surface area contributed by atoms with Crippen molar-refractivity contribution in [2.75, 3.05) is 5.32 Å². The first-order valence-corrected chi connectivity index (χ1v) is 9.57. The molecule has 0 amide bonds. The maximum atomic E-state index is 9.68. The van der Waals surface area contributed by atoms with E-state index in [1.807, 2.05) is 48.7 Å². The summed E-state index contributed by atoms with van der Waals surface area (Å²) in [6.07, 6.45) is 0.712. The van der Waals surface area contributed by atoms with Gasteiger partial charge in [-0.15, -0.1) is 10.2 Å². The average Bonchev–Trinajstić information content (AvgIpc) is 3.08. The molecular weight excluding hydrogens is 365 g/mol. The lowest BCUT2D eigenvalue weighted by molar-refractivity contribution is 0.426. The van der Waals surface area contributed by atoms with E-state index in [-0.39, 0.29) is 0 Å². The highest BCUT2D eigenvalue weighted by molar-refractivity contribution is 6.61. The van der Waals surface area contributed by atoms with Crippen molar-refractivity contribution >= 4 is 29.3 Å². The lowest BCUT2D eigenvalue weighted by Gasteiger charge is -2.12. The van der Waals surface area contributed by atoms with Crippen LogP contribution in [0.1, 0.15) is 23.9 Å². The van der Waals surface area contributed by atoms with Gasteiger partial charge in [-0.25, -0.2) is 0 Å². The molecule has 3 N–H and O–H groups in total. The lowest BCUT2D eigenvalue weighted by Crippen LogP contribution is -2.30. The summed E-state index contributed by atoms with van der Waals surface area (Å²) < 4.78 is 1.88. The molecule has 0 aliphatic heterocycles. The fourth-order valence-corrected chi connectivity index (χ4v) is 3.47. The third-order valence-corrected chi connectivity index (χ3v) is 4.92. The molecule has 0 radical (unpaired) electrons. The number of rotatable bonds is 6. The highest BCUT2D eigenvalue weighted by Crippen LogP contribution is 2.22. The number of hydrogen-bond acceptors (Lipinski definition) is 6. The fraction of sp³-hybridized carbons (Fsp3) is 0.190. The number of aryl methyl sites for hydroxylation is 2. The van der Waals surface area contributed by atoms with E-state index in [4.69, 9.17) is 4.98 Å². The maximum Gasteiger partial charge on any atom is 0.489 e. The van der Waals surface area contributed by atoms with Crippen molar-refractivity contribution in [3.63, 3.8) is 0 Å². The quantitative estimate of drug-likeness (QED) is 0.438. The van der Waals surface area contributed by atoms with Gasteiger partial charge in [-0.05, 0) is 36.5 Å². The SMILES string of the molecule is CCc1nnc(-n2c(C)cc3c(B(O)O)cccc32)nc1NCc1ccccc1. The Morgan fingerprint density at radius 2 is 1.83 bits per heavy atom. The Morgan fingerprint density at radius 1 is 1.03 bits per heavy atom. The molecule has 0 saturated carbocycles. The van der Waals surface area contributed by atoms with E-state index in [0.29, 0.717) is 30.2 Å². The van der Waals surface area contributed by atoms with Crippen molar-refractivity contribution in [2.24, 2.45) is 0 Å². The summed E-state index contributed by atoms with van der Waals surface area (Å²) in [6.45, 7) is 4.59. The second-order valence-corrected chi connectivity index (χ2v) is 6.87. The molecule has 4 aromatic rings. The van der Waals surface area contributed by atoms with E-state index in [9.17, 15) is 10.0 Å². The number of hydrogen-bond donors (Lipinski definition) is 3. The van der Waals surface area contributed by atoms with Gasteiger partial charge in [0.25, 0.3) is 5.95 Å². The molecule has 0 aliphatic carbocycles. The van der Waals surface area contributed by atoms with Crippen molar-refractivity contribution in [3.05, 3.63) is 71.5 Å². The van der Waals surface area contributed by atoms with Gasteiger partial charge in [0.2, 0.25) is 0 Å². The van der Waals surface area contributed by atoms with E-state index in [2.05, 4.69) is 27.6 Å². The molecule has 0 spiro atoms. The second-order valence-electron chi connectivity index (χ2n) is 6.87. The maximum absolute atomic E-state index is 9.68. The Kier molecular flexibility index (Phi) is 5.29. The number of nitrogens with one attached hydrogen (secondary N) is 1. The van der Waals surface area contributed by atoms with Gasteiger partial charge in [0.05, 0.1) is 5.52 Å². The van der Waals surface area contributed by atoms with Crippen LogP contribution in [0.4, 0.5) is 5.82 Å². The lowest BCUT2D eigenvalue weighted by atomic mass is 9.78.